The van der Waals surface area contributed by atoms with Crippen molar-refractivity contribution in [3.05, 3.63) is 11.0 Å². The molecule has 0 aromatic carbocycles. The number of nitrogens with two attached hydrogens (primary N) is 1. The van der Waals surface area contributed by atoms with E-state index in [1.54, 1.807) is 6.92 Å². The highest BCUT2D eigenvalue weighted by atomic mass is 35.5. The van der Waals surface area contributed by atoms with Crippen molar-refractivity contribution in [1.82, 2.24) is 9.97 Å². The number of rotatable bonds is 1. The van der Waals surface area contributed by atoms with Crippen LogP contribution in [0, 0.1) is 12.8 Å². The van der Waals surface area contributed by atoms with Gasteiger partial charge in [-0.25, -0.2) is 4.98 Å². The summed E-state index contributed by atoms with van der Waals surface area (Å²) in [7, 11) is 0. The first-order valence-electron chi connectivity index (χ1n) is 5.90. The average Bonchev–Trinajstić information content (AvgIpc) is 2.33. The smallest absolute Gasteiger partial charge is 0.393 e. The van der Waals surface area contributed by atoms with Gasteiger partial charge in [0.25, 0.3) is 0 Å². The SMILES string of the molecule is Cc1nc(Cl)nc(N2CCCC(C(F)(F)F)C2)c1N. The fourth-order valence-corrected chi connectivity index (χ4v) is 2.42. The van der Waals surface area contributed by atoms with Gasteiger partial charge in [0.1, 0.15) is 0 Å². The van der Waals surface area contributed by atoms with Crippen LogP contribution in [0.2, 0.25) is 5.28 Å². The first kappa shape index (κ1) is 14.2. The summed E-state index contributed by atoms with van der Waals surface area (Å²) in [4.78, 5) is 9.38. The van der Waals surface area contributed by atoms with E-state index >= 15 is 0 Å². The van der Waals surface area contributed by atoms with Crippen LogP contribution in [0.25, 0.3) is 0 Å². The molecule has 1 aliphatic rings. The summed E-state index contributed by atoms with van der Waals surface area (Å²) < 4.78 is 38.3. The van der Waals surface area contributed by atoms with Gasteiger partial charge in [-0.15, -0.1) is 0 Å². The van der Waals surface area contributed by atoms with Crippen molar-refractivity contribution >= 4 is 23.1 Å². The second kappa shape index (κ2) is 5.03. The number of nitrogens with zero attached hydrogens (tertiary/aromatic N) is 3. The van der Waals surface area contributed by atoms with E-state index in [9.17, 15) is 13.2 Å². The molecule has 1 saturated heterocycles. The molecule has 106 valence electrons. The lowest BCUT2D eigenvalue weighted by molar-refractivity contribution is -0.176. The number of halogens is 4. The minimum absolute atomic E-state index is 0.00386. The largest absolute Gasteiger partial charge is 0.394 e. The minimum Gasteiger partial charge on any atom is -0.394 e. The van der Waals surface area contributed by atoms with E-state index in [-0.39, 0.29) is 23.9 Å². The van der Waals surface area contributed by atoms with E-state index in [0.717, 1.165) is 0 Å². The highest BCUT2D eigenvalue weighted by Gasteiger charge is 2.42. The molecule has 1 aromatic rings. The molecule has 1 aromatic heterocycles. The maximum Gasteiger partial charge on any atom is 0.393 e. The zero-order chi connectivity index (χ0) is 14.2. The predicted octanol–water partition coefficient (Wildman–Crippen LogP) is 2.80. The van der Waals surface area contributed by atoms with Gasteiger partial charge in [-0.1, -0.05) is 0 Å². The topological polar surface area (TPSA) is 55.0 Å². The fourth-order valence-electron chi connectivity index (χ4n) is 2.21. The third-order valence-electron chi connectivity index (χ3n) is 3.27. The minimum atomic E-state index is -4.20. The standard InChI is InChI=1S/C11H14ClF3N4/c1-6-8(16)9(18-10(12)17-6)19-4-2-3-7(5-19)11(13,14)15/h7H,2-5,16H2,1H3. The van der Waals surface area contributed by atoms with Crippen LogP contribution in [0.4, 0.5) is 24.7 Å². The second-order valence-electron chi connectivity index (χ2n) is 4.64. The molecule has 8 heteroatoms. The van der Waals surface area contributed by atoms with Crippen molar-refractivity contribution in [3.63, 3.8) is 0 Å². The molecule has 4 nitrogen and oxygen atoms in total. The number of alkyl halides is 3. The molecular formula is C11H14ClF3N4. The Morgan fingerprint density at radius 3 is 2.68 bits per heavy atom. The Balaban J connectivity index is 2.27. The van der Waals surface area contributed by atoms with Gasteiger partial charge in [0, 0.05) is 13.1 Å². The average molecular weight is 295 g/mol. The van der Waals surface area contributed by atoms with E-state index in [4.69, 9.17) is 17.3 Å². The van der Waals surface area contributed by atoms with Gasteiger partial charge in [-0.3, -0.25) is 0 Å². The number of hydrogen-bond donors (Lipinski definition) is 1. The number of aryl methyl sites for hydroxylation is 1. The molecule has 1 fully saturated rings. The van der Waals surface area contributed by atoms with Crippen LogP contribution < -0.4 is 10.6 Å². The van der Waals surface area contributed by atoms with Gasteiger partial charge in [0.15, 0.2) is 5.82 Å². The lowest BCUT2D eigenvalue weighted by Crippen LogP contribution is -2.42. The molecule has 0 amide bonds. The van der Waals surface area contributed by atoms with Gasteiger partial charge >= 0.3 is 6.18 Å². The first-order chi connectivity index (χ1) is 8.79. The van der Waals surface area contributed by atoms with Crippen molar-refractivity contribution in [2.45, 2.75) is 25.9 Å². The monoisotopic (exact) mass is 294 g/mol. The fraction of sp³-hybridized carbons (Fsp3) is 0.636. The third kappa shape index (κ3) is 3.02. The van der Waals surface area contributed by atoms with Crippen LogP contribution in [0.3, 0.4) is 0 Å². The molecule has 1 aliphatic heterocycles. The van der Waals surface area contributed by atoms with Crippen molar-refractivity contribution in [2.75, 3.05) is 23.7 Å². The van der Waals surface area contributed by atoms with Crippen molar-refractivity contribution in [3.8, 4) is 0 Å². The summed E-state index contributed by atoms with van der Waals surface area (Å²) in [5.74, 6) is -1.05. The van der Waals surface area contributed by atoms with Crippen LogP contribution in [-0.2, 0) is 0 Å². The molecule has 0 radical (unpaired) electrons. The Labute approximate surface area is 113 Å². The highest BCUT2D eigenvalue weighted by Crippen LogP contribution is 2.36. The molecular weight excluding hydrogens is 281 g/mol. The normalized spacial score (nSPS) is 20.7. The number of piperidine rings is 1. The lowest BCUT2D eigenvalue weighted by atomic mass is 9.97. The molecule has 2 rings (SSSR count). The van der Waals surface area contributed by atoms with E-state index < -0.39 is 12.1 Å². The zero-order valence-electron chi connectivity index (χ0n) is 10.3. The highest BCUT2D eigenvalue weighted by molar-refractivity contribution is 6.28. The summed E-state index contributed by atoms with van der Waals surface area (Å²) in [6.45, 7) is 2.00. The van der Waals surface area contributed by atoms with Crippen LogP contribution >= 0.6 is 11.6 Å². The lowest BCUT2D eigenvalue weighted by Gasteiger charge is -2.35. The van der Waals surface area contributed by atoms with Crippen LogP contribution in [0.5, 0.6) is 0 Å². The Morgan fingerprint density at radius 1 is 1.37 bits per heavy atom. The molecule has 0 aliphatic carbocycles. The molecule has 0 saturated carbocycles. The third-order valence-corrected chi connectivity index (χ3v) is 3.44. The van der Waals surface area contributed by atoms with Crippen molar-refractivity contribution < 1.29 is 13.2 Å². The summed E-state index contributed by atoms with van der Waals surface area (Å²) in [6.07, 6.45) is -3.61. The second-order valence-corrected chi connectivity index (χ2v) is 4.98. The van der Waals surface area contributed by atoms with Gasteiger partial charge < -0.3 is 10.6 Å². The molecule has 19 heavy (non-hydrogen) atoms. The van der Waals surface area contributed by atoms with Gasteiger partial charge in [-0.05, 0) is 31.4 Å². The summed E-state index contributed by atoms with van der Waals surface area (Å²) in [5.41, 5.74) is 6.59. The number of anilines is 2. The van der Waals surface area contributed by atoms with Crippen molar-refractivity contribution in [2.24, 2.45) is 5.92 Å². The molecule has 1 atom stereocenters. The number of nitrogen functional groups attached to an aromatic ring is 1. The van der Waals surface area contributed by atoms with Gasteiger partial charge in [0.05, 0.1) is 17.3 Å². The summed E-state index contributed by atoms with van der Waals surface area (Å²) >= 11 is 5.74. The van der Waals surface area contributed by atoms with Crippen molar-refractivity contribution in [1.29, 1.82) is 0 Å². The Bertz CT molecular complexity index is 478. The molecule has 0 spiro atoms. The molecule has 1 unspecified atom stereocenters. The van der Waals surface area contributed by atoms with Gasteiger partial charge in [-0.2, -0.15) is 18.2 Å². The molecule has 0 bridgehead atoms. The molecule has 2 heterocycles. The number of hydrogen-bond acceptors (Lipinski definition) is 4. The predicted molar refractivity (Wildman–Crippen MR) is 67.2 cm³/mol. The first-order valence-corrected chi connectivity index (χ1v) is 6.28. The van der Waals surface area contributed by atoms with E-state index in [2.05, 4.69) is 9.97 Å². The van der Waals surface area contributed by atoms with E-state index in [1.807, 2.05) is 0 Å². The summed E-state index contributed by atoms with van der Waals surface area (Å²) in [6, 6.07) is 0. The zero-order valence-corrected chi connectivity index (χ0v) is 11.1. The quantitative estimate of drug-likeness (QED) is 0.809. The van der Waals surface area contributed by atoms with E-state index in [1.165, 1.54) is 4.90 Å². The Kier molecular flexibility index (Phi) is 3.75. The maximum atomic E-state index is 12.8. The van der Waals surface area contributed by atoms with E-state index in [0.29, 0.717) is 24.5 Å². The van der Waals surface area contributed by atoms with Gasteiger partial charge in [0.2, 0.25) is 5.28 Å². The summed E-state index contributed by atoms with van der Waals surface area (Å²) in [5, 5.41) is -0.00386. The Morgan fingerprint density at radius 2 is 2.05 bits per heavy atom. The maximum absolute atomic E-state index is 12.8. The number of aromatic nitrogens is 2. The van der Waals surface area contributed by atoms with Crippen LogP contribution in [0.15, 0.2) is 0 Å². The molecule has 2 N–H and O–H groups in total. The van der Waals surface area contributed by atoms with Crippen LogP contribution in [-0.4, -0.2) is 29.2 Å². The Hall–Kier alpha value is -1.24. The van der Waals surface area contributed by atoms with Crippen LogP contribution in [0.1, 0.15) is 18.5 Å².